The van der Waals surface area contributed by atoms with Gasteiger partial charge < -0.3 is 19.2 Å². The van der Waals surface area contributed by atoms with Crippen LogP contribution in [0.1, 0.15) is 28.4 Å². The van der Waals surface area contributed by atoms with Crippen LogP contribution in [0.25, 0.3) is 11.0 Å². The molecular weight excluding hydrogens is 398 g/mol. The van der Waals surface area contributed by atoms with Gasteiger partial charge in [0.2, 0.25) is 0 Å². The van der Waals surface area contributed by atoms with Crippen molar-refractivity contribution in [1.29, 1.82) is 0 Å². The number of nitrogens with zero attached hydrogens (tertiary/aromatic N) is 1. The summed E-state index contributed by atoms with van der Waals surface area (Å²) in [7, 11) is 3.79. The van der Waals surface area contributed by atoms with Gasteiger partial charge in [0.05, 0.1) is 17.0 Å². The lowest BCUT2D eigenvalue weighted by Gasteiger charge is -2.12. The van der Waals surface area contributed by atoms with Gasteiger partial charge in [0.15, 0.2) is 5.09 Å². The molecule has 0 amide bonds. The van der Waals surface area contributed by atoms with Crippen molar-refractivity contribution in [3.05, 3.63) is 58.1 Å². The predicted molar refractivity (Wildman–Crippen MR) is 112 cm³/mol. The monoisotopic (exact) mass is 419 g/mol. The van der Waals surface area contributed by atoms with Crippen LogP contribution in [0.4, 0.5) is 0 Å². The summed E-state index contributed by atoms with van der Waals surface area (Å²) in [6, 6.07) is 11.6. The summed E-state index contributed by atoms with van der Waals surface area (Å²) in [4.78, 5) is 14.5. The molecule has 0 aliphatic rings. The van der Waals surface area contributed by atoms with Crippen LogP contribution >= 0.6 is 23.4 Å². The molecule has 28 heavy (non-hydrogen) atoms. The minimum Gasteiger partial charge on any atom is -0.506 e. The summed E-state index contributed by atoms with van der Waals surface area (Å²) in [5, 5.41) is 11.5. The van der Waals surface area contributed by atoms with Crippen molar-refractivity contribution in [1.82, 2.24) is 4.90 Å². The van der Waals surface area contributed by atoms with E-state index < -0.39 is 5.97 Å². The van der Waals surface area contributed by atoms with Crippen LogP contribution in [0.2, 0.25) is 5.02 Å². The van der Waals surface area contributed by atoms with Gasteiger partial charge in [0.25, 0.3) is 0 Å². The van der Waals surface area contributed by atoms with Crippen LogP contribution in [-0.2, 0) is 17.0 Å². The molecule has 0 aliphatic carbocycles. The van der Waals surface area contributed by atoms with Crippen molar-refractivity contribution in [3.8, 4) is 5.75 Å². The lowest BCUT2D eigenvalue weighted by atomic mass is 10.1. The van der Waals surface area contributed by atoms with Crippen LogP contribution in [0, 0.1) is 0 Å². The van der Waals surface area contributed by atoms with E-state index in [2.05, 4.69) is 0 Å². The molecule has 3 aromatic rings. The molecule has 0 saturated heterocycles. The van der Waals surface area contributed by atoms with Crippen LogP contribution in [-0.4, -0.2) is 36.7 Å². The van der Waals surface area contributed by atoms with Gasteiger partial charge in [0, 0.05) is 17.9 Å². The second kappa shape index (κ2) is 8.90. The summed E-state index contributed by atoms with van der Waals surface area (Å²) in [6.45, 7) is 2.46. The van der Waals surface area contributed by atoms with E-state index >= 15 is 0 Å². The highest BCUT2D eigenvalue weighted by Gasteiger charge is 2.27. The number of fused-ring (bicyclic) bond motifs is 1. The van der Waals surface area contributed by atoms with Crippen LogP contribution in [0.3, 0.4) is 0 Å². The second-order valence-electron chi connectivity index (χ2n) is 6.57. The van der Waals surface area contributed by atoms with E-state index in [1.807, 2.05) is 49.3 Å². The number of carbonyl (C=O) groups is 1. The fraction of sp³-hybridized carbons (Fsp3) is 0.286. The Balaban J connectivity index is 2.09. The molecule has 0 radical (unpaired) electrons. The molecule has 1 N–H and O–H groups in total. The molecule has 0 aliphatic heterocycles. The normalized spacial score (nSPS) is 11.3. The number of benzene rings is 2. The Labute approximate surface area is 173 Å². The first-order valence-corrected chi connectivity index (χ1v) is 10.2. The number of halogens is 1. The molecule has 7 heteroatoms. The van der Waals surface area contributed by atoms with E-state index in [1.54, 1.807) is 13.0 Å². The molecule has 0 fully saturated rings. The van der Waals surface area contributed by atoms with Gasteiger partial charge in [-0.05, 0) is 32.6 Å². The van der Waals surface area contributed by atoms with Crippen molar-refractivity contribution in [3.63, 3.8) is 0 Å². The summed E-state index contributed by atoms with van der Waals surface area (Å²) >= 11 is 7.85. The van der Waals surface area contributed by atoms with E-state index in [1.165, 1.54) is 11.8 Å². The van der Waals surface area contributed by atoms with Crippen molar-refractivity contribution in [2.24, 2.45) is 0 Å². The van der Waals surface area contributed by atoms with Crippen LogP contribution in [0.5, 0.6) is 5.75 Å². The number of hydrogen-bond donors (Lipinski definition) is 1. The molecule has 1 heterocycles. The van der Waals surface area contributed by atoms with Crippen molar-refractivity contribution in [2.45, 2.75) is 24.3 Å². The molecular formula is C21H22ClNO4S. The first-order chi connectivity index (χ1) is 13.4. The number of carbonyl (C=O) groups excluding carboxylic acids is 1. The van der Waals surface area contributed by atoms with E-state index in [-0.39, 0.29) is 22.9 Å². The van der Waals surface area contributed by atoms with Crippen molar-refractivity contribution >= 4 is 40.3 Å². The average molecular weight is 420 g/mol. The number of hydrogen-bond acceptors (Lipinski definition) is 6. The molecule has 0 atom stereocenters. The third-order valence-electron chi connectivity index (χ3n) is 4.12. The van der Waals surface area contributed by atoms with Crippen molar-refractivity contribution < 1.29 is 19.1 Å². The third-order valence-corrected chi connectivity index (χ3v) is 5.51. The Morgan fingerprint density at radius 2 is 2.00 bits per heavy atom. The molecule has 0 unspecified atom stereocenters. The molecule has 2 aromatic carbocycles. The lowest BCUT2D eigenvalue weighted by molar-refractivity contribution is 0.0521. The van der Waals surface area contributed by atoms with Crippen LogP contribution < -0.4 is 0 Å². The summed E-state index contributed by atoms with van der Waals surface area (Å²) < 4.78 is 11.2. The number of rotatable bonds is 7. The summed E-state index contributed by atoms with van der Waals surface area (Å²) in [5.41, 5.74) is 2.45. The maximum Gasteiger partial charge on any atom is 0.343 e. The molecule has 1 aromatic heterocycles. The maximum atomic E-state index is 12.6. The number of phenolic OH excluding ortho intramolecular Hbond substituents is 1. The molecule has 0 saturated carbocycles. The highest BCUT2D eigenvalue weighted by Crippen LogP contribution is 2.43. The van der Waals surface area contributed by atoms with Gasteiger partial charge in [-0.15, -0.1) is 0 Å². The first-order valence-electron chi connectivity index (χ1n) is 8.87. The standard InChI is InChI=1S/C21H22ClNO4S/c1-4-26-20(25)17-16-15(10-14(11-23(2)3)19(24)18(16)22)27-21(17)28-12-13-8-6-5-7-9-13/h5-10,24H,4,11-12H2,1-3H3. The average Bonchev–Trinajstić information content (AvgIpc) is 3.03. The first kappa shape index (κ1) is 20.6. The number of furan rings is 1. The Morgan fingerprint density at radius 3 is 2.64 bits per heavy atom. The largest absolute Gasteiger partial charge is 0.506 e. The fourth-order valence-electron chi connectivity index (χ4n) is 2.91. The number of aromatic hydroxyl groups is 1. The Morgan fingerprint density at radius 1 is 1.29 bits per heavy atom. The zero-order valence-electron chi connectivity index (χ0n) is 16.0. The van der Waals surface area contributed by atoms with Gasteiger partial charge in [0.1, 0.15) is 16.9 Å². The van der Waals surface area contributed by atoms with Crippen molar-refractivity contribution in [2.75, 3.05) is 20.7 Å². The molecule has 5 nitrogen and oxygen atoms in total. The Bertz CT molecular complexity index is 985. The SMILES string of the molecule is CCOC(=O)c1c(SCc2ccccc2)oc2cc(CN(C)C)c(O)c(Cl)c12. The topological polar surface area (TPSA) is 62.9 Å². The van der Waals surface area contributed by atoms with E-state index in [0.717, 1.165) is 5.56 Å². The summed E-state index contributed by atoms with van der Waals surface area (Å²) in [6.07, 6.45) is 0. The highest BCUT2D eigenvalue weighted by atomic mass is 35.5. The number of phenols is 1. The highest BCUT2D eigenvalue weighted by molar-refractivity contribution is 7.98. The molecule has 0 spiro atoms. The number of ether oxygens (including phenoxy) is 1. The molecule has 3 rings (SSSR count). The fourth-order valence-corrected chi connectivity index (χ4v) is 4.18. The van der Waals surface area contributed by atoms with Gasteiger partial charge in [-0.2, -0.15) is 0 Å². The quantitative estimate of drug-likeness (QED) is 0.413. The minimum absolute atomic E-state index is 0.0474. The van der Waals surface area contributed by atoms with Gasteiger partial charge in [-0.1, -0.05) is 53.7 Å². The molecule has 0 bridgehead atoms. The van der Waals surface area contributed by atoms with E-state index in [0.29, 0.717) is 33.9 Å². The zero-order valence-corrected chi connectivity index (χ0v) is 17.6. The Hall–Kier alpha value is -2.15. The zero-order chi connectivity index (χ0) is 20.3. The summed E-state index contributed by atoms with van der Waals surface area (Å²) in [5.74, 6) is 0.0635. The third kappa shape index (κ3) is 4.29. The lowest BCUT2D eigenvalue weighted by Crippen LogP contribution is -2.11. The second-order valence-corrected chi connectivity index (χ2v) is 7.89. The van der Waals surface area contributed by atoms with E-state index in [4.69, 9.17) is 20.8 Å². The number of esters is 1. The molecule has 148 valence electrons. The predicted octanol–water partition coefficient (Wildman–Crippen LogP) is 5.32. The maximum absolute atomic E-state index is 12.6. The minimum atomic E-state index is -0.515. The van der Waals surface area contributed by atoms with E-state index in [9.17, 15) is 9.90 Å². The van der Waals surface area contributed by atoms with Crippen LogP contribution in [0.15, 0.2) is 45.9 Å². The smallest absolute Gasteiger partial charge is 0.343 e. The number of thioether (sulfide) groups is 1. The van der Waals surface area contributed by atoms with Gasteiger partial charge >= 0.3 is 5.97 Å². The van der Waals surface area contributed by atoms with Gasteiger partial charge in [-0.25, -0.2) is 4.79 Å². The Kier molecular flexibility index (Phi) is 6.54. The van der Waals surface area contributed by atoms with Gasteiger partial charge in [-0.3, -0.25) is 0 Å².